The molecule has 0 aromatic rings. The van der Waals surface area contributed by atoms with Gasteiger partial charge in [-0.05, 0) is 103 Å². The third-order valence-corrected chi connectivity index (χ3v) is 13.0. The van der Waals surface area contributed by atoms with Crippen LogP contribution in [0.1, 0.15) is 106 Å². The maximum absolute atomic E-state index is 14.2. The molecule has 0 radical (unpaired) electrons. The fourth-order valence-electron chi connectivity index (χ4n) is 10.4. The van der Waals surface area contributed by atoms with Crippen LogP contribution < -0.4 is 5.11 Å². The second-order valence-corrected chi connectivity index (χ2v) is 14.9. The highest BCUT2D eigenvalue weighted by Crippen LogP contribution is 2.75. The topological polar surface area (TPSA) is 77.4 Å². The second kappa shape index (κ2) is 6.99. The quantitative estimate of drug-likeness (QED) is 0.581. The highest BCUT2D eigenvalue weighted by molar-refractivity contribution is 5.95. The van der Waals surface area contributed by atoms with Gasteiger partial charge in [-0.25, -0.2) is 0 Å². The maximum Gasteiger partial charge on any atom is 0.159 e. The van der Waals surface area contributed by atoms with Crippen molar-refractivity contribution in [1.29, 1.82) is 0 Å². The molecule has 5 aliphatic rings. The number of carbonyl (C=O) groups excluding carboxylic acids is 2. The number of allylic oxidation sites excluding steroid dienone is 2. The van der Waals surface area contributed by atoms with Gasteiger partial charge in [-0.2, -0.15) is 0 Å². The van der Waals surface area contributed by atoms with E-state index in [1.165, 1.54) is 5.57 Å². The molecule has 5 rings (SSSR count). The molecule has 0 saturated heterocycles. The van der Waals surface area contributed by atoms with Gasteiger partial charge in [-0.1, -0.05) is 54.0 Å². The number of ketones is 1. The molecule has 34 heavy (non-hydrogen) atoms. The molecular weight excluding hydrogens is 424 g/mol. The normalized spacial score (nSPS) is 54.1. The van der Waals surface area contributed by atoms with Crippen LogP contribution in [0.15, 0.2) is 11.6 Å². The van der Waals surface area contributed by atoms with Gasteiger partial charge in [0.05, 0.1) is 6.10 Å². The number of carboxylic acid groups (broad SMARTS) is 1. The summed E-state index contributed by atoms with van der Waals surface area (Å²) in [4.78, 5) is 26.3. The van der Waals surface area contributed by atoms with E-state index in [9.17, 15) is 19.8 Å². The van der Waals surface area contributed by atoms with Crippen LogP contribution in [0.2, 0.25) is 0 Å². The molecular formula is C30H45O4-. The van der Waals surface area contributed by atoms with E-state index >= 15 is 0 Å². The minimum atomic E-state index is -0.940. The molecule has 0 aromatic carbocycles. The first kappa shape index (κ1) is 24.5. The number of rotatable bonds is 1. The van der Waals surface area contributed by atoms with Gasteiger partial charge in [0, 0.05) is 17.3 Å². The first-order valence-electron chi connectivity index (χ1n) is 13.7. The Hall–Kier alpha value is -1.16. The maximum atomic E-state index is 14.2. The van der Waals surface area contributed by atoms with Crippen LogP contribution in [0.25, 0.3) is 0 Å². The molecule has 4 heteroatoms. The van der Waals surface area contributed by atoms with Gasteiger partial charge in [-0.15, -0.1) is 0 Å². The molecule has 0 unspecified atom stereocenters. The summed E-state index contributed by atoms with van der Waals surface area (Å²) in [6, 6.07) is 0. The summed E-state index contributed by atoms with van der Waals surface area (Å²) in [7, 11) is 0. The number of aliphatic carboxylic acids is 1. The number of aliphatic hydroxyl groups is 1. The Kier molecular flexibility index (Phi) is 5.04. The van der Waals surface area contributed by atoms with Gasteiger partial charge in [0.1, 0.15) is 0 Å². The van der Waals surface area contributed by atoms with E-state index in [1.807, 2.05) is 13.0 Å². The zero-order valence-corrected chi connectivity index (χ0v) is 22.4. The molecule has 190 valence electrons. The number of aliphatic hydroxyl groups excluding tert-OH is 1. The third-order valence-electron chi connectivity index (χ3n) is 13.0. The Morgan fingerprint density at radius 3 is 2.24 bits per heavy atom. The summed E-state index contributed by atoms with van der Waals surface area (Å²) in [5.74, 6) is -0.266. The highest BCUT2D eigenvalue weighted by Gasteiger charge is 2.70. The molecule has 4 fully saturated rings. The van der Waals surface area contributed by atoms with Crippen LogP contribution in [0.4, 0.5) is 0 Å². The summed E-state index contributed by atoms with van der Waals surface area (Å²) >= 11 is 0. The minimum absolute atomic E-state index is 0.0419. The fourth-order valence-corrected chi connectivity index (χ4v) is 10.4. The van der Waals surface area contributed by atoms with E-state index in [4.69, 9.17) is 0 Å². The predicted octanol–water partition coefficient (Wildman–Crippen LogP) is 5.08. The van der Waals surface area contributed by atoms with Crippen LogP contribution in [-0.2, 0) is 9.59 Å². The van der Waals surface area contributed by atoms with Crippen molar-refractivity contribution in [2.45, 2.75) is 112 Å². The number of hydrogen-bond acceptors (Lipinski definition) is 4. The molecule has 4 saturated carbocycles. The Labute approximate surface area is 206 Å². The van der Waals surface area contributed by atoms with Gasteiger partial charge in [-0.3, -0.25) is 4.79 Å². The van der Waals surface area contributed by atoms with Crippen molar-refractivity contribution < 1.29 is 19.8 Å². The van der Waals surface area contributed by atoms with Crippen LogP contribution >= 0.6 is 0 Å². The first-order valence-corrected chi connectivity index (χ1v) is 13.7. The predicted molar refractivity (Wildman–Crippen MR) is 130 cm³/mol. The average Bonchev–Trinajstić information content (AvgIpc) is 2.73. The smallest absolute Gasteiger partial charge is 0.159 e. The van der Waals surface area contributed by atoms with E-state index in [1.54, 1.807) is 0 Å². The van der Waals surface area contributed by atoms with E-state index in [2.05, 4.69) is 41.5 Å². The van der Waals surface area contributed by atoms with Crippen molar-refractivity contribution in [2.24, 2.45) is 50.2 Å². The highest BCUT2D eigenvalue weighted by atomic mass is 16.4. The van der Waals surface area contributed by atoms with Crippen molar-refractivity contribution in [1.82, 2.24) is 0 Å². The molecule has 0 amide bonds. The minimum Gasteiger partial charge on any atom is -0.550 e. The molecule has 0 aliphatic heterocycles. The molecule has 0 bridgehead atoms. The largest absolute Gasteiger partial charge is 0.550 e. The average molecular weight is 470 g/mol. The van der Waals surface area contributed by atoms with Crippen LogP contribution in [0, 0.1) is 50.2 Å². The van der Waals surface area contributed by atoms with Crippen LogP contribution in [0.3, 0.4) is 0 Å². The summed E-state index contributed by atoms with van der Waals surface area (Å²) in [6.45, 7) is 15.7. The lowest BCUT2D eigenvalue weighted by atomic mass is 9.33. The Balaban J connectivity index is 1.62. The van der Waals surface area contributed by atoms with Gasteiger partial charge in [0.15, 0.2) is 5.78 Å². The zero-order chi connectivity index (χ0) is 25.1. The molecule has 4 nitrogen and oxygen atoms in total. The van der Waals surface area contributed by atoms with E-state index in [-0.39, 0.29) is 50.8 Å². The number of hydrogen-bond donors (Lipinski definition) is 1. The van der Waals surface area contributed by atoms with Crippen molar-refractivity contribution in [3.63, 3.8) is 0 Å². The van der Waals surface area contributed by atoms with Crippen molar-refractivity contribution in [2.75, 3.05) is 0 Å². The molecule has 1 N–H and O–H groups in total. The van der Waals surface area contributed by atoms with Gasteiger partial charge >= 0.3 is 0 Å². The van der Waals surface area contributed by atoms with E-state index in [0.717, 1.165) is 44.9 Å². The van der Waals surface area contributed by atoms with Gasteiger partial charge < -0.3 is 15.0 Å². The molecule has 0 heterocycles. The number of carbonyl (C=O) groups is 2. The number of fused-ring (bicyclic) bond motifs is 7. The summed E-state index contributed by atoms with van der Waals surface area (Å²) in [5.41, 5.74) is -0.0781. The molecule has 9 atom stereocenters. The third kappa shape index (κ3) is 2.81. The monoisotopic (exact) mass is 469 g/mol. The molecule has 0 spiro atoms. The van der Waals surface area contributed by atoms with Gasteiger partial charge in [0.25, 0.3) is 0 Å². The Morgan fingerprint density at radius 1 is 0.941 bits per heavy atom. The summed E-state index contributed by atoms with van der Waals surface area (Å²) in [5, 5.41) is 23.0. The fraction of sp³-hybridized carbons (Fsp3) is 0.867. The number of carboxylic acids is 1. The van der Waals surface area contributed by atoms with Crippen LogP contribution in [-0.4, -0.2) is 23.0 Å². The lowest BCUT2D eigenvalue weighted by Gasteiger charge is -2.70. The molecule has 0 aromatic heterocycles. The lowest BCUT2D eigenvalue weighted by molar-refractivity contribution is -0.321. The van der Waals surface area contributed by atoms with Crippen LogP contribution in [0.5, 0.6) is 0 Å². The van der Waals surface area contributed by atoms with Gasteiger partial charge in [0.2, 0.25) is 0 Å². The Bertz CT molecular complexity index is 965. The van der Waals surface area contributed by atoms with Crippen molar-refractivity contribution >= 4 is 11.8 Å². The van der Waals surface area contributed by atoms with Crippen molar-refractivity contribution in [3.8, 4) is 0 Å². The second-order valence-electron chi connectivity index (χ2n) is 14.9. The Morgan fingerprint density at radius 2 is 1.59 bits per heavy atom. The standard InChI is InChI=1S/C30H46O4/c1-25(2)21-8-11-30(7)23(28(21,5)10-9-22(25)32)20(31)16-18-19-17-27(4,24(33)34)13-12-26(19,3)14-15-29(18,30)6/h16,19,21-23,32H,8-15,17H2,1-7H3,(H,33,34)/p-1/t19-,21-,22+,23-,26-,27+,28+,29-,30-/m1/s1. The van der Waals surface area contributed by atoms with E-state index in [0.29, 0.717) is 18.8 Å². The SMILES string of the molecule is CC1(C)[C@H]2CC[C@]3(C)[C@H](C(=O)C=C4[C@H]5C[C@@](C)(C(=O)[O-])CC[C@]5(C)CC[C@]43C)[C@@]2(C)CC[C@@H]1O. The molecule has 5 aliphatic carbocycles. The van der Waals surface area contributed by atoms with E-state index < -0.39 is 11.4 Å². The summed E-state index contributed by atoms with van der Waals surface area (Å²) < 4.78 is 0. The lowest BCUT2D eigenvalue weighted by Crippen LogP contribution is -2.66. The van der Waals surface area contributed by atoms with Crippen molar-refractivity contribution in [3.05, 3.63) is 11.6 Å². The zero-order valence-electron chi connectivity index (χ0n) is 22.4. The summed E-state index contributed by atoms with van der Waals surface area (Å²) in [6.07, 6.45) is 9.69. The first-order chi connectivity index (χ1) is 15.6.